The van der Waals surface area contributed by atoms with Crippen LogP contribution in [0, 0.1) is 11.8 Å². The minimum Gasteiger partial charge on any atom is -0.497 e. The normalized spacial score (nSPS) is 25.8. The zero-order valence-corrected chi connectivity index (χ0v) is 13.9. The summed E-state index contributed by atoms with van der Waals surface area (Å²) in [4.78, 5) is 28.5. The summed E-state index contributed by atoms with van der Waals surface area (Å²) in [7, 11) is 1.64. The Morgan fingerprint density at radius 1 is 1.21 bits per heavy atom. The first-order valence-corrected chi connectivity index (χ1v) is 8.61. The van der Waals surface area contributed by atoms with E-state index in [1.54, 1.807) is 7.11 Å². The predicted molar refractivity (Wildman–Crippen MR) is 88.5 cm³/mol. The zero-order chi connectivity index (χ0) is 16.7. The lowest BCUT2D eigenvalue weighted by atomic mass is 10.0. The fraction of sp³-hybridized carbons (Fsp3) is 0.556. The summed E-state index contributed by atoms with van der Waals surface area (Å²) in [5, 5.41) is 3.01. The molecule has 6 nitrogen and oxygen atoms in total. The van der Waals surface area contributed by atoms with Crippen molar-refractivity contribution in [2.45, 2.75) is 25.4 Å². The first-order chi connectivity index (χ1) is 11.6. The van der Waals surface area contributed by atoms with E-state index in [1.807, 2.05) is 34.1 Å². The monoisotopic (exact) mass is 329 g/mol. The number of urea groups is 1. The molecule has 6 heteroatoms. The molecule has 2 atom stereocenters. The van der Waals surface area contributed by atoms with Crippen LogP contribution in [0.4, 0.5) is 4.79 Å². The van der Waals surface area contributed by atoms with Crippen molar-refractivity contribution < 1.29 is 14.3 Å². The lowest BCUT2D eigenvalue weighted by Crippen LogP contribution is -2.42. The number of hydrogen-bond donors (Lipinski definition) is 1. The molecule has 0 unspecified atom stereocenters. The van der Waals surface area contributed by atoms with Gasteiger partial charge in [-0.05, 0) is 30.5 Å². The van der Waals surface area contributed by atoms with Gasteiger partial charge in [-0.15, -0.1) is 0 Å². The molecule has 1 saturated carbocycles. The molecule has 128 valence electrons. The molecule has 4 rings (SSSR count). The van der Waals surface area contributed by atoms with Gasteiger partial charge in [0.15, 0.2) is 0 Å². The van der Waals surface area contributed by atoms with Crippen LogP contribution >= 0.6 is 0 Å². The third kappa shape index (κ3) is 2.92. The fourth-order valence-corrected chi connectivity index (χ4v) is 3.70. The Labute approximate surface area is 141 Å². The van der Waals surface area contributed by atoms with E-state index in [2.05, 4.69) is 5.32 Å². The molecule has 3 aliphatic rings. The van der Waals surface area contributed by atoms with Gasteiger partial charge in [-0.1, -0.05) is 12.1 Å². The van der Waals surface area contributed by atoms with E-state index >= 15 is 0 Å². The number of likely N-dealkylation sites (tertiary alicyclic amines) is 2. The maximum Gasteiger partial charge on any atom is 0.317 e. The highest BCUT2D eigenvalue weighted by Crippen LogP contribution is 2.33. The van der Waals surface area contributed by atoms with Gasteiger partial charge in [0.2, 0.25) is 5.91 Å². The fourth-order valence-electron chi connectivity index (χ4n) is 3.70. The van der Waals surface area contributed by atoms with Crippen LogP contribution < -0.4 is 10.1 Å². The highest BCUT2D eigenvalue weighted by Gasteiger charge is 2.47. The van der Waals surface area contributed by atoms with E-state index in [0.29, 0.717) is 25.7 Å². The molecule has 0 radical (unpaired) electrons. The second kappa shape index (κ2) is 6.00. The van der Waals surface area contributed by atoms with Gasteiger partial charge in [0, 0.05) is 38.1 Å². The van der Waals surface area contributed by atoms with Crippen molar-refractivity contribution in [2.75, 3.05) is 26.7 Å². The molecular formula is C18H23N3O3. The Hall–Kier alpha value is -2.24. The number of rotatable bonds is 4. The van der Waals surface area contributed by atoms with Crippen molar-refractivity contribution in [3.8, 4) is 5.75 Å². The molecule has 1 aromatic carbocycles. The summed E-state index contributed by atoms with van der Waals surface area (Å²) in [5.74, 6) is 1.23. The number of fused-ring (bicyclic) bond motifs is 1. The van der Waals surface area contributed by atoms with Gasteiger partial charge < -0.3 is 19.9 Å². The number of hydrogen-bond acceptors (Lipinski definition) is 3. The minimum absolute atomic E-state index is 0.00130. The lowest BCUT2D eigenvalue weighted by molar-refractivity contribution is -0.131. The number of nitrogens with one attached hydrogen (secondary N) is 1. The molecule has 1 aromatic rings. The van der Waals surface area contributed by atoms with Crippen LogP contribution in [-0.2, 0) is 11.3 Å². The SMILES string of the molecule is COc1ccc(CN2C[C@H]3CN(C(=O)NC4CC4)C[C@H]3C2=O)cc1. The zero-order valence-electron chi connectivity index (χ0n) is 13.9. The molecule has 24 heavy (non-hydrogen) atoms. The summed E-state index contributed by atoms with van der Waals surface area (Å²) in [6.07, 6.45) is 2.17. The Morgan fingerprint density at radius 2 is 1.96 bits per heavy atom. The molecule has 3 amide bonds. The summed E-state index contributed by atoms with van der Waals surface area (Å²) in [6, 6.07) is 8.19. The third-order valence-corrected chi connectivity index (χ3v) is 5.25. The average Bonchev–Trinajstić information content (AvgIpc) is 3.23. The Morgan fingerprint density at radius 3 is 2.58 bits per heavy atom. The van der Waals surface area contributed by atoms with Crippen LogP contribution in [0.5, 0.6) is 5.75 Å². The molecule has 1 aliphatic carbocycles. The predicted octanol–water partition coefficient (Wildman–Crippen LogP) is 1.46. The average molecular weight is 329 g/mol. The molecule has 3 fully saturated rings. The van der Waals surface area contributed by atoms with E-state index < -0.39 is 0 Å². The Kier molecular flexibility index (Phi) is 3.82. The Balaban J connectivity index is 1.35. The van der Waals surface area contributed by atoms with Crippen LogP contribution in [0.25, 0.3) is 0 Å². The lowest BCUT2D eigenvalue weighted by Gasteiger charge is -2.22. The molecule has 2 saturated heterocycles. The van der Waals surface area contributed by atoms with Gasteiger partial charge in [0.05, 0.1) is 13.0 Å². The molecule has 0 bridgehead atoms. The number of amides is 3. The maximum absolute atomic E-state index is 12.7. The molecule has 1 N–H and O–H groups in total. The van der Waals surface area contributed by atoms with Gasteiger partial charge in [0.1, 0.15) is 5.75 Å². The van der Waals surface area contributed by atoms with Crippen molar-refractivity contribution in [3.63, 3.8) is 0 Å². The largest absolute Gasteiger partial charge is 0.497 e. The number of carbonyl (C=O) groups excluding carboxylic acids is 2. The number of nitrogens with zero attached hydrogens (tertiary/aromatic N) is 2. The minimum atomic E-state index is -0.0341. The Bertz CT molecular complexity index is 641. The summed E-state index contributed by atoms with van der Waals surface area (Å²) in [5.41, 5.74) is 1.10. The quantitative estimate of drug-likeness (QED) is 0.910. The number of ether oxygens (including phenoxy) is 1. The standard InChI is InChI=1S/C18H23N3O3/c1-24-15-6-2-12(3-7-15)8-20-9-13-10-21(11-16(13)17(20)22)18(23)19-14-4-5-14/h2-3,6-7,13-14,16H,4-5,8-11H2,1H3,(H,19,23)/t13-,16+/m0/s1. The van der Waals surface area contributed by atoms with Crippen LogP contribution in [0.1, 0.15) is 18.4 Å². The third-order valence-electron chi connectivity index (χ3n) is 5.25. The van der Waals surface area contributed by atoms with Crippen LogP contribution in [0.15, 0.2) is 24.3 Å². The van der Waals surface area contributed by atoms with E-state index in [-0.39, 0.29) is 23.8 Å². The van der Waals surface area contributed by atoms with E-state index in [1.165, 1.54) is 0 Å². The van der Waals surface area contributed by atoms with Crippen LogP contribution in [0.3, 0.4) is 0 Å². The van der Waals surface area contributed by atoms with Gasteiger partial charge in [0.25, 0.3) is 0 Å². The number of carbonyl (C=O) groups is 2. The smallest absolute Gasteiger partial charge is 0.317 e. The van der Waals surface area contributed by atoms with Crippen molar-refractivity contribution in [1.29, 1.82) is 0 Å². The molecular weight excluding hydrogens is 306 g/mol. The number of methoxy groups -OCH3 is 1. The van der Waals surface area contributed by atoms with Crippen molar-refractivity contribution in [1.82, 2.24) is 15.1 Å². The van der Waals surface area contributed by atoms with Crippen molar-refractivity contribution in [2.24, 2.45) is 11.8 Å². The molecule has 2 aliphatic heterocycles. The molecule has 0 spiro atoms. The van der Waals surface area contributed by atoms with E-state index in [9.17, 15) is 9.59 Å². The van der Waals surface area contributed by atoms with Gasteiger partial charge in [-0.25, -0.2) is 4.79 Å². The van der Waals surface area contributed by atoms with Gasteiger partial charge >= 0.3 is 6.03 Å². The summed E-state index contributed by atoms with van der Waals surface area (Å²) >= 11 is 0. The van der Waals surface area contributed by atoms with Crippen molar-refractivity contribution in [3.05, 3.63) is 29.8 Å². The van der Waals surface area contributed by atoms with Gasteiger partial charge in [-0.3, -0.25) is 4.79 Å². The molecule has 2 heterocycles. The first kappa shape index (κ1) is 15.3. The second-order valence-electron chi connectivity index (χ2n) is 7.06. The highest BCUT2D eigenvalue weighted by atomic mass is 16.5. The second-order valence-corrected chi connectivity index (χ2v) is 7.06. The maximum atomic E-state index is 12.7. The van der Waals surface area contributed by atoms with E-state index in [0.717, 1.165) is 30.7 Å². The van der Waals surface area contributed by atoms with Crippen molar-refractivity contribution >= 4 is 11.9 Å². The topological polar surface area (TPSA) is 61.9 Å². The molecule has 0 aromatic heterocycles. The first-order valence-electron chi connectivity index (χ1n) is 8.61. The summed E-state index contributed by atoms with van der Waals surface area (Å²) < 4.78 is 5.16. The van der Waals surface area contributed by atoms with Crippen LogP contribution in [0.2, 0.25) is 0 Å². The van der Waals surface area contributed by atoms with Crippen LogP contribution in [-0.4, -0.2) is 54.5 Å². The van der Waals surface area contributed by atoms with Gasteiger partial charge in [-0.2, -0.15) is 0 Å². The van der Waals surface area contributed by atoms with E-state index in [4.69, 9.17) is 4.74 Å². The highest BCUT2D eigenvalue weighted by molar-refractivity contribution is 5.84. The number of benzene rings is 1. The summed E-state index contributed by atoms with van der Waals surface area (Å²) in [6.45, 7) is 2.61.